The molecule has 0 saturated carbocycles. The SMILES string of the molecule is Cc1ccc(NC(=O)c2cccc(-n3cc(C(=O)NCc4ccccc4F)cn3)c2)cn1. The highest BCUT2D eigenvalue weighted by Crippen LogP contribution is 2.14. The molecular formula is C24H20FN5O2. The van der Waals surface area contributed by atoms with Crippen LogP contribution in [-0.2, 0) is 6.54 Å². The molecule has 8 heteroatoms. The zero-order valence-corrected chi connectivity index (χ0v) is 17.2. The van der Waals surface area contributed by atoms with Crippen molar-refractivity contribution in [2.45, 2.75) is 13.5 Å². The number of amides is 2. The third-order valence-electron chi connectivity index (χ3n) is 4.78. The lowest BCUT2D eigenvalue weighted by molar-refractivity contribution is 0.0949. The Morgan fingerprint density at radius 2 is 1.81 bits per heavy atom. The summed E-state index contributed by atoms with van der Waals surface area (Å²) in [5.74, 6) is -1.03. The maximum Gasteiger partial charge on any atom is 0.255 e. The largest absolute Gasteiger partial charge is 0.348 e. The number of hydrogen-bond acceptors (Lipinski definition) is 4. The van der Waals surface area contributed by atoms with Crippen molar-refractivity contribution in [2.24, 2.45) is 0 Å². The number of pyridine rings is 1. The van der Waals surface area contributed by atoms with Gasteiger partial charge in [0.05, 0.1) is 29.3 Å². The molecule has 2 aromatic carbocycles. The van der Waals surface area contributed by atoms with Gasteiger partial charge in [0.1, 0.15) is 5.82 Å². The molecule has 0 fully saturated rings. The number of halogens is 1. The number of anilines is 1. The minimum absolute atomic E-state index is 0.0697. The fraction of sp³-hybridized carbons (Fsp3) is 0.0833. The Balaban J connectivity index is 1.44. The van der Waals surface area contributed by atoms with Crippen LogP contribution in [0.5, 0.6) is 0 Å². The van der Waals surface area contributed by atoms with Crippen LogP contribution < -0.4 is 10.6 Å². The highest BCUT2D eigenvalue weighted by Gasteiger charge is 2.12. The van der Waals surface area contributed by atoms with Crippen LogP contribution in [0.4, 0.5) is 10.1 Å². The van der Waals surface area contributed by atoms with Crippen molar-refractivity contribution in [3.05, 3.63) is 107 Å². The lowest BCUT2D eigenvalue weighted by Crippen LogP contribution is -2.22. The second-order valence-electron chi connectivity index (χ2n) is 7.14. The molecule has 0 saturated heterocycles. The minimum Gasteiger partial charge on any atom is -0.348 e. The summed E-state index contributed by atoms with van der Waals surface area (Å²) in [6.07, 6.45) is 4.57. The van der Waals surface area contributed by atoms with Gasteiger partial charge in [0.25, 0.3) is 11.8 Å². The average molecular weight is 429 g/mol. The standard InChI is InChI=1S/C24H20FN5O2/c1-16-9-10-20(14-26-16)29-24(32)17-6-4-7-21(11-17)30-15-19(13-28-30)23(31)27-12-18-5-2-3-8-22(18)25/h2-11,13-15H,12H2,1H3,(H,27,31)(H,29,32). The average Bonchev–Trinajstić information content (AvgIpc) is 3.30. The topological polar surface area (TPSA) is 88.9 Å². The number of rotatable bonds is 6. The van der Waals surface area contributed by atoms with E-state index in [9.17, 15) is 14.0 Å². The number of carbonyl (C=O) groups is 2. The van der Waals surface area contributed by atoms with E-state index in [1.807, 2.05) is 13.0 Å². The molecule has 2 heterocycles. The van der Waals surface area contributed by atoms with Crippen LogP contribution in [0.15, 0.2) is 79.3 Å². The molecule has 0 aliphatic carbocycles. The molecule has 0 aliphatic heterocycles. The number of aromatic nitrogens is 3. The Kier molecular flexibility index (Phi) is 6.03. The molecule has 2 aromatic heterocycles. The third-order valence-corrected chi connectivity index (χ3v) is 4.78. The van der Waals surface area contributed by atoms with E-state index in [1.165, 1.54) is 16.9 Å². The second-order valence-corrected chi connectivity index (χ2v) is 7.14. The first-order chi connectivity index (χ1) is 15.5. The fourth-order valence-corrected chi connectivity index (χ4v) is 3.04. The normalized spacial score (nSPS) is 10.6. The van der Waals surface area contributed by atoms with Gasteiger partial charge in [-0.15, -0.1) is 0 Å². The van der Waals surface area contributed by atoms with Crippen LogP contribution in [0.25, 0.3) is 5.69 Å². The van der Waals surface area contributed by atoms with Gasteiger partial charge in [-0.3, -0.25) is 14.6 Å². The molecule has 0 atom stereocenters. The summed E-state index contributed by atoms with van der Waals surface area (Å²) < 4.78 is 15.2. The fourth-order valence-electron chi connectivity index (χ4n) is 3.04. The lowest BCUT2D eigenvalue weighted by atomic mass is 10.2. The van der Waals surface area contributed by atoms with Gasteiger partial charge >= 0.3 is 0 Å². The lowest BCUT2D eigenvalue weighted by Gasteiger charge is -2.07. The van der Waals surface area contributed by atoms with Crippen molar-refractivity contribution in [1.29, 1.82) is 0 Å². The van der Waals surface area contributed by atoms with Gasteiger partial charge in [0, 0.05) is 29.6 Å². The van der Waals surface area contributed by atoms with Crippen LogP contribution in [0.2, 0.25) is 0 Å². The number of carbonyl (C=O) groups excluding carboxylic acids is 2. The van der Waals surface area contributed by atoms with Gasteiger partial charge in [-0.1, -0.05) is 24.3 Å². The molecule has 0 unspecified atom stereocenters. The summed E-state index contributed by atoms with van der Waals surface area (Å²) in [6.45, 7) is 1.94. The molecule has 7 nitrogen and oxygen atoms in total. The van der Waals surface area contributed by atoms with Gasteiger partial charge in [0.2, 0.25) is 0 Å². The maximum absolute atomic E-state index is 13.7. The summed E-state index contributed by atoms with van der Waals surface area (Å²) >= 11 is 0. The van der Waals surface area contributed by atoms with E-state index in [2.05, 4.69) is 20.7 Å². The summed E-state index contributed by atoms with van der Waals surface area (Å²) in [6, 6.07) is 16.7. The molecule has 0 spiro atoms. The van der Waals surface area contributed by atoms with Crippen LogP contribution in [-0.4, -0.2) is 26.6 Å². The maximum atomic E-state index is 13.7. The van der Waals surface area contributed by atoms with E-state index in [0.29, 0.717) is 28.1 Å². The molecule has 0 bridgehead atoms. The van der Waals surface area contributed by atoms with Crippen LogP contribution in [0.3, 0.4) is 0 Å². The number of aryl methyl sites for hydroxylation is 1. The molecule has 160 valence electrons. The predicted molar refractivity (Wildman–Crippen MR) is 118 cm³/mol. The van der Waals surface area contributed by atoms with Crippen molar-refractivity contribution in [3.63, 3.8) is 0 Å². The zero-order valence-electron chi connectivity index (χ0n) is 17.2. The summed E-state index contributed by atoms with van der Waals surface area (Å²) in [4.78, 5) is 29.2. The first-order valence-electron chi connectivity index (χ1n) is 9.90. The Morgan fingerprint density at radius 3 is 2.59 bits per heavy atom. The zero-order chi connectivity index (χ0) is 22.5. The monoisotopic (exact) mass is 429 g/mol. The number of benzene rings is 2. The summed E-state index contributed by atoms with van der Waals surface area (Å²) in [5.41, 5.74) is 3.23. The van der Waals surface area contributed by atoms with E-state index in [-0.39, 0.29) is 24.2 Å². The number of nitrogens with zero attached hydrogens (tertiary/aromatic N) is 3. The number of nitrogens with one attached hydrogen (secondary N) is 2. The third kappa shape index (κ3) is 4.86. The highest BCUT2D eigenvalue weighted by atomic mass is 19.1. The second kappa shape index (κ2) is 9.22. The summed E-state index contributed by atoms with van der Waals surface area (Å²) in [5, 5.41) is 9.69. The molecule has 4 aromatic rings. The van der Waals surface area contributed by atoms with E-state index < -0.39 is 0 Å². The Bertz CT molecular complexity index is 1270. The summed E-state index contributed by atoms with van der Waals surface area (Å²) in [7, 11) is 0. The van der Waals surface area contributed by atoms with E-state index in [4.69, 9.17) is 0 Å². The van der Waals surface area contributed by atoms with Gasteiger partial charge in [-0.05, 0) is 43.3 Å². The van der Waals surface area contributed by atoms with Gasteiger partial charge in [-0.25, -0.2) is 9.07 Å². The van der Waals surface area contributed by atoms with E-state index in [0.717, 1.165) is 5.69 Å². The molecule has 2 amide bonds. The van der Waals surface area contributed by atoms with E-state index >= 15 is 0 Å². The van der Waals surface area contributed by atoms with Gasteiger partial charge < -0.3 is 10.6 Å². The van der Waals surface area contributed by atoms with Gasteiger partial charge in [0.15, 0.2) is 0 Å². The molecule has 0 aliphatic rings. The molecule has 32 heavy (non-hydrogen) atoms. The molecule has 4 rings (SSSR count). The number of hydrogen-bond donors (Lipinski definition) is 2. The highest BCUT2D eigenvalue weighted by molar-refractivity contribution is 6.04. The van der Waals surface area contributed by atoms with Crippen molar-refractivity contribution in [3.8, 4) is 5.69 Å². The molecule has 2 N–H and O–H groups in total. The van der Waals surface area contributed by atoms with Crippen molar-refractivity contribution in [2.75, 3.05) is 5.32 Å². The Hall–Kier alpha value is -4.33. The Labute approximate surface area is 183 Å². The van der Waals surface area contributed by atoms with Crippen molar-refractivity contribution >= 4 is 17.5 Å². The smallest absolute Gasteiger partial charge is 0.255 e. The Morgan fingerprint density at radius 1 is 0.969 bits per heavy atom. The van der Waals surface area contributed by atoms with Crippen molar-refractivity contribution < 1.29 is 14.0 Å². The van der Waals surface area contributed by atoms with Crippen LogP contribution in [0, 0.1) is 12.7 Å². The first kappa shape index (κ1) is 20.9. The molecular weight excluding hydrogens is 409 g/mol. The molecule has 0 radical (unpaired) electrons. The van der Waals surface area contributed by atoms with Crippen LogP contribution >= 0.6 is 0 Å². The van der Waals surface area contributed by atoms with Gasteiger partial charge in [-0.2, -0.15) is 5.10 Å². The quantitative estimate of drug-likeness (QED) is 0.487. The van der Waals surface area contributed by atoms with E-state index in [1.54, 1.807) is 60.9 Å². The predicted octanol–water partition coefficient (Wildman–Crippen LogP) is 3.90. The van der Waals surface area contributed by atoms with Crippen LogP contribution in [0.1, 0.15) is 32.0 Å². The first-order valence-corrected chi connectivity index (χ1v) is 9.90. The minimum atomic E-state index is -0.375. The van der Waals surface area contributed by atoms with Crippen molar-refractivity contribution in [1.82, 2.24) is 20.1 Å².